The Morgan fingerprint density at radius 3 is 1.54 bits per heavy atom. The average molecular weight is 192 g/mol. The molecule has 4 heteroatoms. The second-order valence-electron chi connectivity index (χ2n) is 2.69. The SMILES string of the molecule is CCC(O)NC.CCNC(O)CC. The van der Waals surface area contributed by atoms with E-state index >= 15 is 0 Å². The van der Waals surface area contributed by atoms with Crippen molar-refractivity contribution in [3.8, 4) is 0 Å². The quantitative estimate of drug-likeness (QED) is 0.472. The Labute approximate surface area is 81.4 Å². The van der Waals surface area contributed by atoms with Crippen molar-refractivity contribution in [2.75, 3.05) is 13.6 Å². The number of aliphatic hydroxyl groups excluding tert-OH is 2. The molecule has 0 aromatic carbocycles. The fraction of sp³-hybridized carbons (Fsp3) is 1.00. The summed E-state index contributed by atoms with van der Waals surface area (Å²) in [5, 5.41) is 22.8. The number of rotatable bonds is 5. The van der Waals surface area contributed by atoms with Crippen LogP contribution in [-0.4, -0.2) is 36.3 Å². The van der Waals surface area contributed by atoms with Gasteiger partial charge >= 0.3 is 0 Å². The summed E-state index contributed by atoms with van der Waals surface area (Å²) >= 11 is 0. The lowest BCUT2D eigenvalue weighted by atomic mass is 10.4. The van der Waals surface area contributed by atoms with E-state index in [1.165, 1.54) is 0 Å². The third-order valence-corrected chi connectivity index (χ3v) is 1.55. The lowest BCUT2D eigenvalue weighted by Crippen LogP contribution is -2.26. The Morgan fingerprint density at radius 2 is 1.46 bits per heavy atom. The van der Waals surface area contributed by atoms with Gasteiger partial charge in [0.1, 0.15) is 12.5 Å². The average Bonchev–Trinajstić information content (AvgIpc) is 2.18. The molecule has 0 aliphatic heterocycles. The molecule has 82 valence electrons. The second kappa shape index (κ2) is 11.8. The zero-order chi connectivity index (χ0) is 10.7. The monoisotopic (exact) mass is 192 g/mol. The van der Waals surface area contributed by atoms with Crippen molar-refractivity contribution in [1.29, 1.82) is 0 Å². The first-order valence-electron chi connectivity index (χ1n) is 4.89. The van der Waals surface area contributed by atoms with E-state index in [9.17, 15) is 0 Å². The summed E-state index contributed by atoms with van der Waals surface area (Å²) in [6.45, 7) is 6.67. The van der Waals surface area contributed by atoms with Crippen LogP contribution in [0.15, 0.2) is 0 Å². The van der Waals surface area contributed by atoms with Crippen molar-refractivity contribution < 1.29 is 10.2 Å². The van der Waals surface area contributed by atoms with E-state index in [0.29, 0.717) is 0 Å². The highest BCUT2D eigenvalue weighted by molar-refractivity contribution is 4.44. The van der Waals surface area contributed by atoms with Crippen molar-refractivity contribution in [3.63, 3.8) is 0 Å². The molecule has 4 nitrogen and oxygen atoms in total. The van der Waals surface area contributed by atoms with E-state index in [1.807, 2.05) is 20.8 Å². The Hall–Kier alpha value is -0.160. The van der Waals surface area contributed by atoms with Crippen LogP contribution in [0.5, 0.6) is 0 Å². The maximum absolute atomic E-state index is 8.75. The van der Waals surface area contributed by atoms with Crippen molar-refractivity contribution in [3.05, 3.63) is 0 Å². The Morgan fingerprint density at radius 1 is 1.00 bits per heavy atom. The molecule has 0 saturated heterocycles. The lowest BCUT2D eigenvalue weighted by molar-refractivity contribution is 0.135. The number of aliphatic hydroxyl groups is 2. The molecular formula is C9H24N2O2. The van der Waals surface area contributed by atoms with Crippen LogP contribution in [0, 0.1) is 0 Å². The summed E-state index contributed by atoms with van der Waals surface area (Å²) in [4.78, 5) is 0. The Kier molecular flexibility index (Phi) is 14.0. The van der Waals surface area contributed by atoms with Gasteiger partial charge in [-0.1, -0.05) is 20.8 Å². The van der Waals surface area contributed by atoms with Crippen LogP contribution in [0.25, 0.3) is 0 Å². The summed E-state index contributed by atoms with van der Waals surface area (Å²) in [6.07, 6.45) is 0.944. The molecule has 2 unspecified atom stereocenters. The van der Waals surface area contributed by atoms with E-state index in [0.717, 1.165) is 19.4 Å². The fourth-order valence-corrected chi connectivity index (χ4v) is 0.584. The minimum atomic E-state index is -0.315. The zero-order valence-corrected chi connectivity index (χ0v) is 9.17. The van der Waals surface area contributed by atoms with Gasteiger partial charge in [0.2, 0.25) is 0 Å². The zero-order valence-electron chi connectivity index (χ0n) is 9.17. The standard InChI is InChI=1S/C5H13NO.C4H11NO/c1-3-5(7)6-4-2;1-3-4(6)5-2/h5-7H,3-4H2,1-2H3;4-6H,3H2,1-2H3. The van der Waals surface area contributed by atoms with Gasteiger partial charge in [-0.25, -0.2) is 0 Å². The van der Waals surface area contributed by atoms with Crippen LogP contribution in [0.4, 0.5) is 0 Å². The van der Waals surface area contributed by atoms with E-state index in [4.69, 9.17) is 10.2 Å². The minimum absolute atomic E-state index is 0.301. The summed E-state index contributed by atoms with van der Waals surface area (Å²) in [5.41, 5.74) is 0. The van der Waals surface area contributed by atoms with E-state index < -0.39 is 0 Å². The second-order valence-corrected chi connectivity index (χ2v) is 2.69. The highest BCUT2D eigenvalue weighted by atomic mass is 16.3. The summed E-state index contributed by atoms with van der Waals surface area (Å²) in [7, 11) is 1.73. The molecule has 0 radical (unpaired) electrons. The van der Waals surface area contributed by atoms with Crippen LogP contribution < -0.4 is 10.6 Å². The third-order valence-electron chi connectivity index (χ3n) is 1.55. The van der Waals surface area contributed by atoms with E-state index in [2.05, 4.69) is 10.6 Å². The van der Waals surface area contributed by atoms with Gasteiger partial charge in [0, 0.05) is 0 Å². The minimum Gasteiger partial charge on any atom is -0.379 e. The Bertz CT molecular complexity index is 87.7. The highest BCUT2D eigenvalue weighted by Crippen LogP contribution is 1.80. The van der Waals surface area contributed by atoms with Crippen molar-refractivity contribution >= 4 is 0 Å². The maximum atomic E-state index is 8.75. The first-order valence-corrected chi connectivity index (χ1v) is 4.89. The van der Waals surface area contributed by atoms with E-state index in [-0.39, 0.29) is 12.5 Å². The molecule has 0 spiro atoms. The number of hydrogen-bond donors (Lipinski definition) is 4. The van der Waals surface area contributed by atoms with Gasteiger partial charge in [-0.15, -0.1) is 0 Å². The van der Waals surface area contributed by atoms with Crippen molar-refractivity contribution in [1.82, 2.24) is 10.6 Å². The highest BCUT2D eigenvalue weighted by Gasteiger charge is 1.92. The van der Waals surface area contributed by atoms with Gasteiger partial charge < -0.3 is 10.2 Å². The first-order chi connectivity index (χ1) is 6.12. The first kappa shape index (κ1) is 15.3. The largest absolute Gasteiger partial charge is 0.379 e. The maximum Gasteiger partial charge on any atom is 0.104 e. The molecule has 0 saturated carbocycles. The smallest absolute Gasteiger partial charge is 0.104 e. The molecule has 0 fully saturated rings. The summed E-state index contributed by atoms with van der Waals surface area (Å²) < 4.78 is 0. The molecule has 0 rings (SSSR count). The summed E-state index contributed by atoms with van der Waals surface area (Å²) in [6, 6.07) is 0. The molecule has 0 aromatic rings. The molecule has 2 atom stereocenters. The predicted molar refractivity (Wildman–Crippen MR) is 55.3 cm³/mol. The van der Waals surface area contributed by atoms with Gasteiger partial charge in [0.25, 0.3) is 0 Å². The molecule has 0 amide bonds. The molecule has 0 heterocycles. The van der Waals surface area contributed by atoms with Crippen molar-refractivity contribution in [2.24, 2.45) is 0 Å². The Balaban J connectivity index is 0. The molecule has 4 N–H and O–H groups in total. The topological polar surface area (TPSA) is 64.5 Å². The molecular weight excluding hydrogens is 168 g/mol. The van der Waals surface area contributed by atoms with Gasteiger partial charge in [0.05, 0.1) is 0 Å². The number of nitrogens with one attached hydrogen (secondary N) is 2. The normalized spacial score (nSPS) is 14.3. The van der Waals surface area contributed by atoms with Crippen molar-refractivity contribution in [2.45, 2.75) is 46.1 Å². The van der Waals surface area contributed by atoms with Crippen LogP contribution in [0.2, 0.25) is 0 Å². The van der Waals surface area contributed by atoms with Crippen LogP contribution in [0.1, 0.15) is 33.6 Å². The van der Waals surface area contributed by atoms with Gasteiger partial charge in [0.15, 0.2) is 0 Å². The molecule has 13 heavy (non-hydrogen) atoms. The van der Waals surface area contributed by atoms with E-state index in [1.54, 1.807) is 7.05 Å². The molecule has 0 bridgehead atoms. The predicted octanol–water partition coefficient (Wildman–Crippen LogP) is 0.258. The third kappa shape index (κ3) is 14.7. The molecule has 0 aliphatic carbocycles. The summed E-state index contributed by atoms with van der Waals surface area (Å²) in [5.74, 6) is 0. The lowest BCUT2D eigenvalue weighted by Gasteiger charge is -2.05. The van der Waals surface area contributed by atoms with Gasteiger partial charge in [-0.05, 0) is 26.4 Å². The number of hydrogen-bond acceptors (Lipinski definition) is 4. The van der Waals surface area contributed by atoms with Gasteiger partial charge in [-0.2, -0.15) is 0 Å². The molecule has 0 aromatic heterocycles. The fourth-order valence-electron chi connectivity index (χ4n) is 0.584. The van der Waals surface area contributed by atoms with Crippen LogP contribution in [0.3, 0.4) is 0 Å². The molecule has 0 aliphatic rings. The van der Waals surface area contributed by atoms with Crippen LogP contribution >= 0.6 is 0 Å². The van der Waals surface area contributed by atoms with Crippen LogP contribution in [-0.2, 0) is 0 Å². The van der Waals surface area contributed by atoms with Gasteiger partial charge in [-0.3, -0.25) is 10.6 Å².